The van der Waals surface area contributed by atoms with Gasteiger partial charge < -0.3 is 0 Å². The number of hydrogen-bond donors (Lipinski definition) is 0. The first-order valence-electron chi connectivity index (χ1n) is 4.96. The average Bonchev–Trinajstić information content (AvgIpc) is 2.24. The van der Waals surface area contributed by atoms with E-state index in [0.29, 0.717) is 0 Å². The summed E-state index contributed by atoms with van der Waals surface area (Å²) in [7, 11) is -6.96. The van der Waals surface area contributed by atoms with Crippen LogP contribution in [-0.2, 0) is 28.6 Å². The molecule has 0 aliphatic rings. The molecule has 6 nitrogen and oxygen atoms in total. The van der Waals surface area contributed by atoms with Gasteiger partial charge in [0.25, 0.3) is 20.2 Å². The Kier molecular flexibility index (Phi) is 6.46. The molecule has 0 rings (SSSR count). The maximum atomic E-state index is 11.0. The molecule has 0 atom stereocenters. The molecule has 0 aromatic heterocycles. The van der Waals surface area contributed by atoms with Gasteiger partial charge in [-0.2, -0.15) is 16.8 Å². The van der Waals surface area contributed by atoms with Crippen molar-refractivity contribution in [2.75, 3.05) is 24.7 Å². The lowest BCUT2D eigenvalue weighted by Crippen LogP contribution is -2.20. The molecule has 0 N–H and O–H groups in total. The molecule has 0 heterocycles. The number of rotatable bonds is 8. The van der Waals surface area contributed by atoms with Crippen molar-refractivity contribution >= 4 is 20.2 Å². The van der Waals surface area contributed by atoms with Crippen molar-refractivity contribution in [2.45, 2.75) is 20.8 Å². The Bertz CT molecular complexity index is 345. The lowest BCUT2D eigenvalue weighted by molar-refractivity contribution is 0.196. The van der Waals surface area contributed by atoms with Crippen LogP contribution in [0.4, 0.5) is 0 Å². The molecular formula is C8H18O6S2. The summed E-state index contributed by atoms with van der Waals surface area (Å²) in [4.78, 5) is 0. The van der Waals surface area contributed by atoms with Gasteiger partial charge in [-0.15, -0.1) is 0 Å². The molecule has 0 aliphatic heterocycles. The second-order valence-corrected chi connectivity index (χ2v) is 7.22. The minimum absolute atomic E-state index is 0.0740. The molecule has 0 saturated carbocycles. The third-order valence-corrected chi connectivity index (χ3v) is 4.18. The summed E-state index contributed by atoms with van der Waals surface area (Å²) in [5.41, 5.74) is 0. The molecule has 0 amide bonds. The fraction of sp³-hybridized carbons (Fsp3) is 1.00. The highest BCUT2D eigenvalue weighted by Crippen LogP contribution is 2.04. The van der Waals surface area contributed by atoms with E-state index < -0.39 is 20.2 Å². The van der Waals surface area contributed by atoms with Crippen LogP contribution in [0.25, 0.3) is 0 Å². The molecule has 0 aromatic rings. The molecule has 98 valence electrons. The van der Waals surface area contributed by atoms with E-state index in [1.54, 1.807) is 6.92 Å². The van der Waals surface area contributed by atoms with Crippen molar-refractivity contribution in [3.8, 4) is 0 Å². The lowest BCUT2D eigenvalue weighted by Gasteiger charge is -2.11. The standard InChI is InChI=1S/C8H18O6S2/c1-4-15(9,10)13-6-8(3)7-14-16(11,12)5-2/h8H,4-7H2,1-3H3. The van der Waals surface area contributed by atoms with Crippen LogP contribution in [0, 0.1) is 5.92 Å². The lowest BCUT2D eigenvalue weighted by atomic mass is 10.2. The largest absolute Gasteiger partial charge is 0.270 e. The van der Waals surface area contributed by atoms with E-state index in [1.807, 2.05) is 0 Å². The molecule has 0 radical (unpaired) electrons. The molecule has 0 saturated heterocycles. The maximum Gasteiger partial charge on any atom is 0.267 e. The molecular weight excluding hydrogens is 256 g/mol. The van der Waals surface area contributed by atoms with Crippen LogP contribution < -0.4 is 0 Å². The van der Waals surface area contributed by atoms with Crippen LogP contribution in [-0.4, -0.2) is 41.6 Å². The zero-order valence-electron chi connectivity index (χ0n) is 9.67. The zero-order chi connectivity index (χ0) is 12.8. The summed E-state index contributed by atoms with van der Waals surface area (Å²) in [6.07, 6.45) is 0. The molecule has 16 heavy (non-hydrogen) atoms. The Morgan fingerprint density at radius 1 is 0.875 bits per heavy atom. The van der Waals surface area contributed by atoms with Crippen LogP contribution in [0.3, 0.4) is 0 Å². The predicted molar refractivity (Wildman–Crippen MR) is 60.0 cm³/mol. The second-order valence-electron chi connectivity index (χ2n) is 3.37. The first-order chi connectivity index (χ1) is 7.22. The quantitative estimate of drug-likeness (QED) is 0.594. The smallest absolute Gasteiger partial charge is 0.267 e. The minimum Gasteiger partial charge on any atom is -0.270 e. The molecule has 0 aromatic carbocycles. The van der Waals surface area contributed by atoms with Gasteiger partial charge in [0.05, 0.1) is 24.7 Å². The first-order valence-corrected chi connectivity index (χ1v) is 8.12. The van der Waals surface area contributed by atoms with Crippen molar-refractivity contribution in [1.29, 1.82) is 0 Å². The van der Waals surface area contributed by atoms with Crippen LogP contribution in [0.1, 0.15) is 20.8 Å². The maximum absolute atomic E-state index is 11.0. The minimum atomic E-state index is -3.48. The van der Waals surface area contributed by atoms with E-state index in [1.165, 1.54) is 13.8 Å². The summed E-state index contributed by atoms with van der Waals surface area (Å²) >= 11 is 0. The van der Waals surface area contributed by atoms with Crippen molar-refractivity contribution in [3.63, 3.8) is 0 Å². The van der Waals surface area contributed by atoms with Crippen LogP contribution in [0.2, 0.25) is 0 Å². The van der Waals surface area contributed by atoms with Gasteiger partial charge in [0, 0.05) is 5.92 Å². The molecule has 0 aliphatic carbocycles. The first kappa shape index (κ1) is 15.8. The third-order valence-electron chi connectivity index (χ3n) is 1.77. The van der Waals surface area contributed by atoms with Gasteiger partial charge in [-0.25, -0.2) is 0 Å². The van der Waals surface area contributed by atoms with Gasteiger partial charge in [0.2, 0.25) is 0 Å². The van der Waals surface area contributed by atoms with E-state index in [4.69, 9.17) is 0 Å². The highest BCUT2D eigenvalue weighted by molar-refractivity contribution is 7.86. The SMILES string of the molecule is CCS(=O)(=O)OCC(C)COS(=O)(=O)CC. The molecule has 0 bridgehead atoms. The van der Waals surface area contributed by atoms with E-state index in [9.17, 15) is 16.8 Å². The molecule has 0 fully saturated rings. The van der Waals surface area contributed by atoms with Gasteiger partial charge >= 0.3 is 0 Å². The molecule has 8 heteroatoms. The van der Waals surface area contributed by atoms with Crippen LogP contribution >= 0.6 is 0 Å². The summed E-state index contributed by atoms with van der Waals surface area (Å²) in [6.45, 7) is 4.44. The van der Waals surface area contributed by atoms with Gasteiger partial charge in [0.15, 0.2) is 0 Å². The van der Waals surface area contributed by atoms with E-state index in [-0.39, 0.29) is 30.6 Å². The van der Waals surface area contributed by atoms with Crippen molar-refractivity contribution in [2.24, 2.45) is 5.92 Å². The summed E-state index contributed by atoms with van der Waals surface area (Å²) in [6, 6.07) is 0. The Hall–Kier alpha value is -0.180. The fourth-order valence-electron chi connectivity index (χ4n) is 0.654. The van der Waals surface area contributed by atoms with Crippen LogP contribution in [0.5, 0.6) is 0 Å². The normalized spacial score (nSPS) is 13.2. The van der Waals surface area contributed by atoms with Gasteiger partial charge in [-0.3, -0.25) is 8.37 Å². The predicted octanol–water partition coefficient (Wildman–Crippen LogP) is 0.355. The van der Waals surface area contributed by atoms with Crippen molar-refractivity contribution < 1.29 is 25.2 Å². The number of hydrogen-bond acceptors (Lipinski definition) is 6. The van der Waals surface area contributed by atoms with Crippen molar-refractivity contribution in [3.05, 3.63) is 0 Å². The summed E-state index contributed by atoms with van der Waals surface area (Å²) in [5.74, 6) is -0.510. The summed E-state index contributed by atoms with van der Waals surface area (Å²) in [5, 5.41) is 0. The van der Waals surface area contributed by atoms with E-state index in [2.05, 4.69) is 8.37 Å². The topological polar surface area (TPSA) is 86.7 Å². The monoisotopic (exact) mass is 274 g/mol. The molecule has 0 spiro atoms. The van der Waals surface area contributed by atoms with Gasteiger partial charge in [0.1, 0.15) is 0 Å². The Labute approximate surface area is 97.2 Å². The highest BCUT2D eigenvalue weighted by Gasteiger charge is 2.14. The van der Waals surface area contributed by atoms with E-state index >= 15 is 0 Å². The Morgan fingerprint density at radius 3 is 1.44 bits per heavy atom. The third kappa shape index (κ3) is 7.15. The Morgan fingerprint density at radius 2 is 1.19 bits per heavy atom. The zero-order valence-corrected chi connectivity index (χ0v) is 11.3. The highest BCUT2D eigenvalue weighted by atomic mass is 32.2. The van der Waals surface area contributed by atoms with E-state index in [0.717, 1.165) is 0 Å². The van der Waals surface area contributed by atoms with Crippen molar-refractivity contribution in [1.82, 2.24) is 0 Å². The Balaban J connectivity index is 3.98. The molecule has 0 unspecified atom stereocenters. The fourth-order valence-corrected chi connectivity index (χ4v) is 1.87. The second kappa shape index (κ2) is 6.53. The van der Waals surface area contributed by atoms with Crippen LogP contribution in [0.15, 0.2) is 0 Å². The van der Waals surface area contributed by atoms with Gasteiger partial charge in [-0.05, 0) is 13.8 Å². The van der Waals surface area contributed by atoms with Gasteiger partial charge in [-0.1, -0.05) is 6.92 Å². The average molecular weight is 274 g/mol. The summed E-state index contributed by atoms with van der Waals surface area (Å²) < 4.78 is 53.2.